The first-order valence-electron chi connectivity index (χ1n) is 5.30. The molecule has 0 radical (unpaired) electrons. The fourth-order valence-electron chi connectivity index (χ4n) is 2.19. The number of allylic oxidation sites excluding steroid dienone is 4. The van der Waals surface area contributed by atoms with E-state index >= 15 is 0 Å². The molecule has 0 aromatic carbocycles. The Labute approximate surface area is 108 Å². The molecule has 2 rings (SSSR count). The molecular weight excluding hydrogens is 278 g/mol. The Morgan fingerprint density at radius 3 is 2.00 bits per heavy atom. The van der Waals surface area contributed by atoms with Crippen LogP contribution < -0.4 is 0 Å². The Kier molecular flexibility index (Phi) is 3.25. The van der Waals surface area contributed by atoms with Crippen molar-refractivity contribution in [1.29, 1.82) is 0 Å². The van der Waals surface area contributed by atoms with E-state index in [0.29, 0.717) is 0 Å². The number of hydrogen-bond donors (Lipinski definition) is 0. The average Bonchev–Trinajstić information content (AvgIpc) is 2.68. The molecular formula is C13H16PZr. The van der Waals surface area contributed by atoms with Crippen molar-refractivity contribution in [3.63, 3.8) is 0 Å². The monoisotopic (exact) mass is 293 g/mol. The first-order valence-corrected chi connectivity index (χ1v) is 7.88. The molecule has 1 aliphatic carbocycles. The minimum atomic E-state index is -0.112. The van der Waals surface area contributed by atoms with E-state index in [1.165, 1.54) is 17.5 Å². The molecule has 0 nitrogen and oxygen atoms in total. The quantitative estimate of drug-likeness (QED) is 0.711. The van der Waals surface area contributed by atoms with Gasteiger partial charge in [0.15, 0.2) is 0 Å². The van der Waals surface area contributed by atoms with Crippen molar-refractivity contribution < 1.29 is 24.7 Å². The van der Waals surface area contributed by atoms with Crippen molar-refractivity contribution >= 4 is 12.8 Å². The van der Waals surface area contributed by atoms with Gasteiger partial charge in [0.25, 0.3) is 0 Å². The maximum atomic E-state index is 2.37. The fraction of sp³-hybridized carbons (Fsp3) is 0.385. The molecule has 0 saturated carbocycles. The van der Waals surface area contributed by atoms with Crippen molar-refractivity contribution in [2.24, 2.45) is 0 Å². The van der Waals surface area contributed by atoms with Crippen LogP contribution in [0.25, 0.3) is 5.31 Å². The summed E-state index contributed by atoms with van der Waals surface area (Å²) in [6, 6.07) is 0. The van der Waals surface area contributed by atoms with Crippen molar-refractivity contribution in [2.45, 2.75) is 34.1 Å². The van der Waals surface area contributed by atoms with Crippen LogP contribution in [0.4, 0.5) is 0 Å². The molecule has 1 aliphatic rings. The Balaban J connectivity index is 2.68. The van der Waals surface area contributed by atoms with Crippen molar-refractivity contribution in [3.05, 3.63) is 37.2 Å². The van der Waals surface area contributed by atoms with Gasteiger partial charge in [-0.25, -0.2) is 0 Å². The maximum absolute atomic E-state index is 2.37. The van der Waals surface area contributed by atoms with Crippen LogP contribution in [0.2, 0.25) is 0 Å². The van der Waals surface area contributed by atoms with E-state index in [4.69, 9.17) is 0 Å². The summed E-state index contributed by atoms with van der Waals surface area (Å²) in [6.07, 6.45) is 5.89. The summed E-state index contributed by atoms with van der Waals surface area (Å²) >= 11 is 1.60. The minimum absolute atomic E-state index is 0.112. The first-order chi connectivity index (χ1) is 7.04. The van der Waals surface area contributed by atoms with Crippen LogP contribution in [0, 0.1) is 27.7 Å². The van der Waals surface area contributed by atoms with E-state index in [-0.39, 0.29) is 7.53 Å². The standard InChI is InChI=1S/C13H16P.Zr/c1-9-10(2)12(4)14(11(9)3)13-7-5-6-8-13;/h5,7H,6H2,1-4H3;. The van der Waals surface area contributed by atoms with E-state index in [9.17, 15) is 0 Å². The molecule has 1 aromatic heterocycles. The van der Waals surface area contributed by atoms with E-state index in [0.717, 1.165) is 0 Å². The van der Waals surface area contributed by atoms with Gasteiger partial charge in [0.1, 0.15) is 0 Å². The molecule has 15 heavy (non-hydrogen) atoms. The number of rotatable bonds is 1. The normalized spacial score (nSPS) is 15.4. The summed E-state index contributed by atoms with van der Waals surface area (Å²) < 4.78 is 1.66. The molecule has 0 atom stereocenters. The van der Waals surface area contributed by atoms with Gasteiger partial charge in [0.2, 0.25) is 0 Å². The average molecular weight is 294 g/mol. The molecule has 0 saturated heterocycles. The Morgan fingerprint density at radius 2 is 1.60 bits per heavy atom. The zero-order valence-electron chi connectivity index (χ0n) is 9.81. The summed E-state index contributed by atoms with van der Waals surface area (Å²) in [4.78, 5) is 0. The second-order valence-corrected chi connectivity index (χ2v) is 8.20. The summed E-state index contributed by atoms with van der Waals surface area (Å²) in [5, 5.41) is 4.90. The van der Waals surface area contributed by atoms with Crippen LogP contribution in [0.15, 0.2) is 15.4 Å². The van der Waals surface area contributed by atoms with Crippen molar-refractivity contribution in [1.82, 2.24) is 0 Å². The number of hydrogen-bond acceptors (Lipinski definition) is 0. The van der Waals surface area contributed by atoms with Gasteiger partial charge in [-0.3, -0.25) is 0 Å². The third kappa shape index (κ3) is 1.79. The second kappa shape index (κ2) is 4.19. The predicted octanol–water partition coefficient (Wildman–Crippen LogP) is 4.58. The van der Waals surface area contributed by atoms with Crippen LogP contribution in [0.5, 0.6) is 0 Å². The molecule has 0 N–H and O–H groups in total. The molecule has 0 spiro atoms. The second-order valence-electron chi connectivity index (χ2n) is 4.23. The fourth-order valence-corrected chi connectivity index (χ4v) is 6.36. The molecule has 1 heterocycles. The SMILES string of the molecule is Cc1c(C)c(C)p(C2=[C]([Zr])CC=C2)c1C. The van der Waals surface area contributed by atoms with Gasteiger partial charge in [0, 0.05) is 0 Å². The van der Waals surface area contributed by atoms with Gasteiger partial charge < -0.3 is 0 Å². The molecule has 2 heteroatoms. The third-order valence-electron chi connectivity index (χ3n) is 3.47. The third-order valence-corrected chi connectivity index (χ3v) is 8.06. The van der Waals surface area contributed by atoms with E-state index in [1.54, 1.807) is 43.9 Å². The van der Waals surface area contributed by atoms with Crippen LogP contribution >= 0.6 is 7.53 Å². The summed E-state index contributed by atoms with van der Waals surface area (Å²) in [5.74, 6) is 0. The van der Waals surface area contributed by atoms with Crippen LogP contribution in [0.1, 0.15) is 28.1 Å². The topological polar surface area (TPSA) is 0 Å². The molecule has 0 amide bonds. The Hall–Kier alpha value is 0.143. The summed E-state index contributed by atoms with van der Waals surface area (Å²) in [6.45, 7) is 9.20. The van der Waals surface area contributed by atoms with Gasteiger partial charge in [-0.15, -0.1) is 0 Å². The zero-order valence-corrected chi connectivity index (χ0v) is 13.2. The van der Waals surface area contributed by atoms with Gasteiger partial charge in [-0.2, -0.15) is 0 Å². The van der Waals surface area contributed by atoms with Gasteiger partial charge >= 0.3 is 109 Å². The van der Waals surface area contributed by atoms with Gasteiger partial charge in [-0.1, -0.05) is 0 Å². The summed E-state index contributed by atoms with van der Waals surface area (Å²) in [5.41, 5.74) is 3.07. The van der Waals surface area contributed by atoms with Crippen LogP contribution in [-0.4, -0.2) is 0 Å². The van der Waals surface area contributed by atoms with Gasteiger partial charge in [-0.05, 0) is 0 Å². The molecule has 0 aliphatic heterocycles. The molecule has 1 aromatic rings. The molecule has 0 bridgehead atoms. The predicted molar refractivity (Wildman–Crippen MR) is 65.1 cm³/mol. The van der Waals surface area contributed by atoms with Crippen LogP contribution in [0.3, 0.4) is 0 Å². The van der Waals surface area contributed by atoms with E-state index in [1.807, 2.05) is 0 Å². The molecule has 0 unspecified atom stereocenters. The summed E-state index contributed by atoms with van der Waals surface area (Å²) in [7, 11) is -0.112. The van der Waals surface area contributed by atoms with Crippen molar-refractivity contribution in [2.75, 3.05) is 0 Å². The Morgan fingerprint density at radius 1 is 1.07 bits per heavy atom. The van der Waals surface area contributed by atoms with E-state index in [2.05, 4.69) is 39.8 Å². The zero-order chi connectivity index (χ0) is 11.2. The van der Waals surface area contributed by atoms with Crippen LogP contribution in [-0.2, 0) is 24.7 Å². The first kappa shape index (κ1) is 11.6. The molecule has 77 valence electrons. The Bertz CT molecular complexity index is 450. The molecule has 0 fully saturated rings. The van der Waals surface area contributed by atoms with Gasteiger partial charge in [0.05, 0.1) is 0 Å². The van der Waals surface area contributed by atoms with Crippen molar-refractivity contribution in [3.8, 4) is 0 Å². The van der Waals surface area contributed by atoms with E-state index < -0.39 is 0 Å².